The minimum Gasteiger partial charge on any atom is -0.478 e. The normalized spacial score (nSPS) is 13.0. The average molecular weight is 465 g/mol. The maximum Gasteiger partial charge on any atom is 0.410 e. The number of oxime groups is 1. The van der Waals surface area contributed by atoms with Crippen LogP contribution in [0.25, 0.3) is 5.57 Å². The van der Waals surface area contributed by atoms with E-state index < -0.39 is 29.8 Å². The van der Waals surface area contributed by atoms with Gasteiger partial charge < -0.3 is 19.4 Å². The Balaban J connectivity index is 1.97. The van der Waals surface area contributed by atoms with E-state index in [2.05, 4.69) is 5.16 Å². The third kappa shape index (κ3) is 8.77. The highest BCUT2D eigenvalue weighted by Gasteiger charge is 2.28. The molecule has 2 aromatic carbocycles. The number of nitrogens with zero attached hydrogens (tertiary/aromatic N) is 1. The van der Waals surface area contributed by atoms with Crippen LogP contribution in [0.5, 0.6) is 0 Å². The highest BCUT2D eigenvalue weighted by atomic mass is 19.4. The SMILES string of the molecule is COC(=O)C(Cc1ccccc1)O/N=C\COCc1ccccc1/C(=C\C(F)(F)F)C(=O)O. The van der Waals surface area contributed by atoms with Crippen molar-refractivity contribution in [2.45, 2.75) is 25.3 Å². The number of halogens is 3. The first-order valence-corrected chi connectivity index (χ1v) is 9.69. The molecule has 2 rings (SSSR count). The molecule has 1 unspecified atom stereocenters. The van der Waals surface area contributed by atoms with Crippen LogP contribution in [-0.4, -0.2) is 49.3 Å². The molecule has 0 bridgehead atoms. The lowest BCUT2D eigenvalue weighted by Gasteiger charge is -2.13. The molecule has 2 aromatic rings. The Hall–Kier alpha value is -3.66. The second kappa shape index (κ2) is 12.4. The molecule has 1 atom stereocenters. The van der Waals surface area contributed by atoms with Crippen molar-refractivity contribution < 1.29 is 42.2 Å². The molecule has 10 heteroatoms. The van der Waals surface area contributed by atoms with Gasteiger partial charge in [-0.2, -0.15) is 13.2 Å². The summed E-state index contributed by atoms with van der Waals surface area (Å²) >= 11 is 0. The predicted octanol–water partition coefficient (Wildman–Crippen LogP) is 4.02. The van der Waals surface area contributed by atoms with Gasteiger partial charge in [0.1, 0.15) is 0 Å². The van der Waals surface area contributed by atoms with Gasteiger partial charge in [0.05, 0.1) is 32.1 Å². The zero-order valence-electron chi connectivity index (χ0n) is 17.6. The van der Waals surface area contributed by atoms with E-state index in [-0.39, 0.29) is 36.8 Å². The summed E-state index contributed by atoms with van der Waals surface area (Å²) in [6.45, 7) is -0.270. The van der Waals surface area contributed by atoms with Crippen molar-refractivity contribution in [1.82, 2.24) is 0 Å². The minimum absolute atomic E-state index is 0.0983. The Morgan fingerprint density at radius 1 is 1.09 bits per heavy atom. The zero-order valence-corrected chi connectivity index (χ0v) is 17.6. The summed E-state index contributed by atoms with van der Waals surface area (Å²) in [5.74, 6) is -2.31. The number of esters is 1. The molecule has 0 aliphatic rings. The lowest BCUT2D eigenvalue weighted by molar-refractivity contribution is -0.154. The number of methoxy groups -OCH3 is 1. The molecular weight excluding hydrogens is 443 g/mol. The number of carboxylic acid groups (broad SMARTS) is 1. The van der Waals surface area contributed by atoms with E-state index in [4.69, 9.17) is 14.3 Å². The summed E-state index contributed by atoms with van der Waals surface area (Å²) in [6, 6.07) is 14.8. The molecule has 0 radical (unpaired) electrons. The minimum atomic E-state index is -4.79. The topological polar surface area (TPSA) is 94.4 Å². The largest absolute Gasteiger partial charge is 0.478 e. The maximum absolute atomic E-state index is 12.7. The number of rotatable bonds is 11. The number of carboxylic acids is 1. The lowest BCUT2D eigenvalue weighted by Crippen LogP contribution is -2.26. The standard InChI is InChI=1S/C23H22F3NO6/c1-31-22(30)20(13-16-7-3-2-4-8-16)33-27-11-12-32-15-17-9-5-6-10-18(17)19(21(28)29)14-23(24,25)26/h2-11,14,20H,12-13,15H2,1H3,(H,28,29)/b19-14+,27-11-. The van der Waals surface area contributed by atoms with E-state index in [1.165, 1.54) is 31.5 Å². The molecule has 176 valence electrons. The van der Waals surface area contributed by atoms with Crippen molar-refractivity contribution in [2.75, 3.05) is 13.7 Å². The van der Waals surface area contributed by atoms with Crippen LogP contribution in [-0.2, 0) is 36.9 Å². The Morgan fingerprint density at radius 3 is 2.39 bits per heavy atom. The van der Waals surface area contributed by atoms with Crippen molar-refractivity contribution in [3.8, 4) is 0 Å². The van der Waals surface area contributed by atoms with Crippen LogP contribution in [0.2, 0.25) is 0 Å². The molecule has 1 N–H and O–H groups in total. The van der Waals surface area contributed by atoms with Crippen LogP contribution in [0.1, 0.15) is 16.7 Å². The van der Waals surface area contributed by atoms with Gasteiger partial charge in [0.25, 0.3) is 0 Å². The maximum atomic E-state index is 12.7. The van der Waals surface area contributed by atoms with Crippen LogP contribution < -0.4 is 0 Å². The van der Waals surface area contributed by atoms with E-state index in [1.807, 2.05) is 30.3 Å². The van der Waals surface area contributed by atoms with Crippen molar-refractivity contribution in [2.24, 2.45) is 5.16 Å². The van der Waals surface area contributed by atoms with Gasteiger partial charge in [-0.05, 0) is 16.7 Å². The number of carbonyl (C=O) groups is 2. The average Bonchev–Trinajstić information content (AvgIpc) is 2.78. The molecule has 0 saturated heterocycles. The van der Waals surface area contributed by atoms with Crippen LogP contribution >= 0.6 is 0 Å². The summed E-state index contributed by atoms with van der Waals surface area (Å²) in [5, 5.41) is 12.9. The second-order valence-corrected chi connectivity index (χ2v) is 6.67. The quantitative estimate of drug-likeness (QED) is 0.177. The summed E-state index contributed by atoms with van der Waals surface area (Å²) in [7, 11) is 1.23. The fraction of sp³-hybridized carbons (Fsp3) is 0.261. The van der Waals surface area contributed by atoms with Gasteiger partial charge in [-0.15, -0.1) is 0 Å². The summed E-state index contributed by atoms with van der Waals surface area (Å²) in [4.78, 5) is 28.4. The number of ether oxygens (including phenoxy) is 2. The third-order valence-corrected chi connectivity index (χ3v) is 4.29. The van der Waals surface area contributed by atoms with Crippen molar-refractivity contribution in [3.05, 3.63) is 77.4 Å². The highest BCUT2D eigenvalue weighted by molar-refractivity contribution is 6.16. The molecule has 0 saturated carbocycles. The molecule has 33 heavy (non-hydrogen) atoms. The van der Waals surface area contributed by atoms with Crippen molar-refractivity contribution in [1.29, 1.82) is 0 Å². The second-order valence-electron chi connectivity index (χ2n) is 6.67. The molecule has 0 aromatic heterocycles. The number of alkyl halides is 3. The van der Waals surface area contributed by atoms with Crippen molar-refractivity contribution in [3.63, 3.8) is 0 Å². The van der Waals surface area contributed by atoms with Gasteiger partial charge in [0.2, 0.25) is 6.10 Å². The highest BCUT2D eigenvalue weighted by Crippen LogP contribution is 2.27. The van der Waals surface area contributed by atoms with E-state index in [1.54, 1.807) is 6.07 Å². The van der Waals surface area contributed by atoms with E-state index >= 15 is 0 Å². The zero-order chi connectivity index (χ0) is 24.3. The molecule has 0 fully saturated rings. The van der Waals surface area contributed by atoms with Gasteiger partial charge >= 0.3 is 18.1 Å². The molecular formula is C23H22F3NO6. The molecule has 0 amide bonds. The number of benzene rings is 2. The molecule has 0 aliphatic heterocycles. The first kappa shape index (κ1) is 25.6. The summed E-state index contributed by atoms with van der Waals surface area (Å²) < 4.78 is 48.2. The van der Waals surface area contributed by atoms with Crippen molar-refractivity contribution >= 4 is 23.7 Å². The van der Waals surface area contributed by atoms with Gasteiger partial charge in [0.15, 0.2) is 0 Å². The van der Waals surface area contributed by atoms with Crippen LogP contribution in [0.3, 0.4) is 0 Å². The third-order valence-electron chi connectivity index (χ3n) is 4.29. The lowest BCUT2D eigenvalue weighted by atomic mass is 9.99. The Kier molecular flexibility index (Phi) is 9.62. The number of aliphatic carboxylic acids is 1. The van der Waals surface area contributed by atoms with Crippen LogP contribution in [0.4, 0.5) is 13.2 Å². The van der Waals surface area contributed by atoms with Gasteiger partial charge in [-0.25, -0.2) is 9.59 Å². The van der Waals surface area contributed by atoms with E-state index in [9.17, 15) is 27.9 Å². The van der Waals surface area contributed by atoms with Gasteiger partial charge in [-0.1, -0.05) is 59.8 Å². The summed E-state index contributed by atoms with van der Waals surface area (Å²) in [6.07, 6.45) is -4.55. The fourth-order valence-corrected chi connectivity index (χ4v) is 2.82. The van der Waals surface area contributed by atoms with Gasteiger partial charge in [-0.3, -0.25) is 0 Å². The van der Waals surface area contributed by atoms with E-state index in [0.29, 0.717) is 0 Å². The number of carbonyl (C=O) groups excluding carboxylic acids is 1. The monoisotopic (exact) mass is 465 g/mol. The first-order valence-electron chi connectivity index (χ1n) is 9.69. The predicted molar refractivity (Wildman–Crippen MR) is 113 cm³/mol. The van der Waals surface area contributed by atoms with Crippen LogP contribution in [0.15, 0.2) is 65.8 Å². The Labute approximate surface area is 188 Å². The molecule has 7 nitrogen and oxygen atoms in total. The number of allylic oxidation sites excluding steroid dienone is 1. The molecule has 0 heterocycles. The fourth-order valence-electron chi connectivity index (χ4n) is 2.82. The molecule has 0 aliphatic carbocycles. The summed E-state index contributed by atoms with van der Waals surface area (Å²) in [5.41, 5.74) is 0.1000. The van der Waals surface area contributed by atoms with E-state index in [0.717, 1.165) is 5.56 Å². The number of hydrogen-bond donors (Lipinski definition) is 1. The number of hydrogen-bond acceptors (Lipinski definition) is 6. The first-order chi connectivity index (χ1) is 15.7. The molecule has 0 spiro atoms. The smallest absolute Gasteiger partial charge is 0.410 e. The Morgan fingerprint density at radius 2 is 1.76 bits per heavy atom. The van der Waals surface area contributed by atoms with Gasteiger partial charge in [0, 0.05) is 12.5 Å². The van der Waals surface area contributed by atoms with Crippen LogP contribution in [0, 0.1) is 0 Å². The Bertz CT molecular complexity index is 989.